The van der Waals surface area contributed by atoms with Crippen molar-refractivity contribution in [3.8, 4) is 0 Å². The van der Waals surface area contributed by atoms with Gasteiger partial charge in [0, 0.05) is 35.1 Å². The smallest absolute Gasteiger partial charge is 0.240 e. The van der Waals surface area contributed by atoms with Gasteiger partial charge in [0.2, 0.25) is 5.91 Å². The van der Waals surface area contributed by atoms with Crippen LogP contribution in [0.25, 0.3) is 0 Å². The van der Waals surface area contributed by atoms with Crippen LogP contribution in [0.1, 0.15) is 24.3 Å². The van der Waals surface area contributed by atoms with Crippen molar-refractivity contribution in [2.75, 3.05) is 25.0 Å². The van der Waals surface area contributed by atoms with Crippen LogP contribution in [0.2, 0.25) is 0 Å². The number of carbonyl (C=O) groups excluding carboxylic acids is 1. The Bertz CT molecular complexity index is 709. The summed E-state index contributed by atoms with van der Waals surface area (Å²) in [5.74, 6) is -0.0224. The molecule has 1 fully saturated rings. The maximum atomic E-state index is 12.3. The summed E-state index contributed by atoms with van der Waals surface area (Å²) in [6.45, 7) is 6.01. The number of amides is 1. The summed E-state index contributed by atoms with van der Waals surface area (Å²) in [7, 11) is 0. The predicted molar refractivity (Wildman–Crippen MR) is 104 cm³/mol. The molecule has 2 atom stereocenters. The molecule has 25 heavy (non-hydrogen) atoms. The molecule has 0 aliphatic carbocycles. The third-order valence-corrected chi connectivity index (χ3v) is 5.40. The number of hydrogen-bond donors (Lipinski definition) is 1. The number of benzene rings is 1. The normalized spacial score (nSPS) is 21.2. The van der Waals surface area contributed by atoms with Gasteiger partial charge in [0.1, 0.15) is 0 Å². The standard InChI is InChI=1S/C18H22BrN3O2S/c1-12-9-22(10-13(2)24-12)11-17(23)21-18-20-8-16(25-18)7-14-3-5-15(19)6-4-14/h3-6,8,12-13H,7,9-11H2,1-2H3,(H,20,21,23)/t12-,13+. The van der Waals surface area contributed by atoms with Gasteiger partial charge < -0.3 is 10.1 Å². The minimum absolute atomic E-state index is 0.0224. The highest BCUT2D eigenvalue weighted by Gasteiger charge is 2.23. The van der Waals surface area contributed by atoms with E-state index in [0.29, 0.717) is 11.7 Å². The van der Waals surface area contributed by atoms with E-state index in [1.807, 2.05) is 32.2 Å². The van der Waals surface area contributed by atoms with Crippen LogP contribution in [-0.4, -0.2) is 47.6 Å². The first-order chi connectivity index (χ1) is 12.0. The summed E-state index contributed by atoms with van der Waals surface area (Å²) in [6, 6.07) is 8.23. The molecule has 1 aliphatic heterocycles. The number of morpholine rings is 1. The summed E-state index contributed by atoms with van der Waals surface area (Å²) in [5.41, 5.74) is 1.22. The summed E-state index contributed by atoms with van der Waals surface area (Å²) in [6.07, 6.45) is 2.98. The third kappa shape index (κ3) is 5.60. The minimum Gasteiger partial charge on any atom is -0.373 e. The van der Waals surface area contributed by atoms with E-state index in [9.17, 15) is 4.79 Å². The molecule has 1 amide bonds. The monoisotopic (exact) mass is 423 g/mol. The van der Waals surface area contributed by atoms with Crippen molar-refractivity contribution in [3.63, 3.8) is 0 Å². The van der Waals surface area contributed by atoms with Crippen molar-refractivity contribution in [1.82, 2.24) is 9.88 Å². The first-order valence-corrected chi connectivity index (χ1v) is 9.95. The van der Waals surface area contributed by atoms with Gasteiger partial charge in [-0.05, 0) is 31.5 Å². The number of ether oxygens (including phenoxy) is 1. The Morgan fingerprint density at radius 1 is 1.32 bits per heavy atom. The summed E-state index contributed by atoms with van der Waals surface area (Å²) in [4.78, 5) is 19.9. The molecule has 0 unspecified atom stereocenters. The molecule has 0 spiro atoms. The number of thiazole rings is 1. The number of nitrogens with one attached hydrogen (secondary N) is 1. The van der Waals surface area contributed by atoms with Gasteiger partial charge in [-0.25, -0.2) is 4.98 Å². The maximum absolute atomic E-state index is 12.3. The number of halogens is 1. The quantitative estimate of drug-likeness (QED) is 0.798. The van der Waals surface area contributed by atoms with Crippen LogP contribution in [0.3, 0.4) is 0 Å². The number of anilines is 1. The average Bonchev–Trinajstić information content (AvgIpc) is 2.95. The first-order valence-electron chi connectivity index (χ1n) is 8.35. The van der Waals surface area contributed by atoms with E-state index < -0.39 is 0 Å². The summed E-state index contributed by atoms with van der Waals surface area (Å²) < 4.78 is 6.77. The lowest BCUT2D eigenvalue weighted by atomic mass is 10.1. The van der Waals surface area contributed by atoms with Gasteiger partial charge in [0.15, 0.2) is 5.13 Å². The highest BCUT2D eigenvalue weighted by atomic mass is 79.9. The molecular formula is C18H22BrN3O2S. The third-order valence-electron chi connectivity index (χ3n) is 3.95. The fourth-order valence-corrected chi connectivity index (χ4v) is 4.15. The molecule has 5 nitrogen and oxygen atoms in total. The predicted octanol–water partition coefficient (Wildman–Crippen LogP) is 3.54. The SMILES string of the molecule is C[C@@H]1CN(CC(=O)Nc2ncc(Cc3ccc(Br)cc3)s2)C[C@H](C)O1. The van der Waals surface area contributed by atoms with Gasteiger partial charge in [-0.3, -0.25) is 9.69 Å². The van der Waals surface area contributed by atoms with Crippen molar-refractivity contribution in [2.45, 2.75) is 32.5 Å². The van der Waals surface area contributed by atoms with E-state index in [-0.39, 0.29) is 18.1 Å². The van der Waals surface area contributed by atoms with Gasteiger partial charge in [-0.2, -0.15) is 0 Å². The van der Waals surface area contributed by atoms with Crippen molar-refractivity contribution in [1.29, 1.82) is 0 Å². The van der Waals surface area contributed by atoms with Gasteiger partial charge in [-0.1, -0.05) is 28.1 Å². The zero-order chi connectivity index (χ0) is 17.8. The van der Waals surface area contributed by atoms with Crippen LogP contribution < -0.4 is 5.32 Å². The molecule has 1 N–H and O–H groups in total. The lowest BCUT2D eigenvalue weighted by Gasteiger charge is -2.34. The van der Waals surface area contributed by atoms with E-state index in [1.54, 1.807) is 0 Å². The van der Waals surface area contributed by atoms with Crippen LogP contribution >= 0.6 is 27.3 Å². The lowest BCUT2D eigenvalue weighted by Crippen LogP contribution is -2.48. The van der Waals surface area contributed by atoms with Gasteiger partial charge in [-0.15, -0.1) is 11.3 Å². The zero-order valence-corrected chi connectivity index (χ0v) is 16.8. The van der Waals surface area contributed by atoms with Crippen molar-refractivity contribution in [2.24, 2.45) is 0 Å². The summed E-state index contributed by atoms with van der Waals surface area (Å²) >= 11 is 4.97. The van der Waals surface area contributed by atoms with Crippen LogP contribution in [0.15, 0.2) is 34.9 Å². The molecule has 1 aromatic carbocycles. The largest absolute Gasteiger partial charge is 0.373 e. The highest BCUT2D eigenvalue weighted by molar-refractivity contribution is 9.10. The van der Waals surface area contributed by atoms with Crippen molar-refractivity contribution in [3.05, 3.63) is 45.4 Å². The Balaban J connectivity index is 1.52. The molecule has 1 aromatic heterocycles. The molecule has 134 valence electrons. The van der Waals surface area contributed by atoms with Crippen LogP contribution in [0.4, 0.5) is 5.13 Å². The molecular weight excluding hydrogens is 402 g/mol. The van der Waals surface area contributed by atoms with Crippen LogP contribution in [-0.2, 0) is 16.0 Å². The number of nitrogens with zero attached hydrogens (tertiary/aromatic N) is 2. The topological polar surface area (TPSA) is 54.5 Å². The number of rotatable bonds is 5. The van der Waals surface area contributed by atoms with E-state index in [2.05, 4.69) is 43.3 Å². The van der Waals surface area contributed by atoms with Gasteiger partial charge in [0.05, 0.1) is 18.8 Å². The zero-order valence-electron chi connectivity index (χ0n) is 14.4. The number of carbonyl (C=O) groups is 1. The van der Waals surface area contributed by atoms with Gasteiger partial charge >= 0.3 is 0 Å². The van der Waals surface area contributed by atoms with E-state index in [1.165, 1.54) is 16.9 Å². The first kappa shape index (κ1) is 18.5. The molecule has 0 radical (unpaired) electrons. The summed E-state index contributed by atoms with van der Waals surface area (Å²) in [5, 5.41) is 3.57. The van der Waals surface area contributed by atoms with Crippen molar-refractivity contribution >= 4 is 38.3 Å². The second kappa shape index (κ2) is 8.40. The fourth-order valence-electron chi connectivity index (χ4n) is 3.03. The Hall–Kier alpha value is -1.28. The second-order valence-corrected chi connectivity index (χ2v) is 8.47. The molecule has 7 heteroatoms. The minimum atomic E-state index is -0.0224. The lowest BCUT2D eigenvalue weighted by molar-refractivity contribution is -0.121. The van der Waals surface area contributed by atoms with Gasteiger partial charge in [0.25, 0.3) is 0 Å². The average molecular weight is 424 g/mol. The molecule has 1 saturated heterocycles. The number of hydrogen-bond acceptors (Lipinski definition) is 5. The molecule has 2 heterocycles. The van der Waals surface area contributed by atoms with Crippen molar-refractivity contribution < 1.29 is 9.53 Å². The van der Waals surface area contributed by atoms with E-state index >= 15 is 0 Å². The van der Waals surface area contributed by atoms with Crippen LogP contribution in [0, 0.1) is 0 Å². The fraction of sp³-hybridized carbons (Fsp3) is 0.444. The molecule has 3 rings (SSSR count). The molecule has 2 aromatic rings. The van der Waals surface area contributed by atoms with Crippen LogP contribution in [0.5, 0.6) is 0 Å². The second-order valence-electron chi connectivity index (χ2n) is 6.43. The number of aromatic nitrogens is 1. The molecule has 0 saturated carbocycles. The van der Waals surface area contributed by atoms with E-state index in [0.717, 1.165) is 28.9 Å². The molecule has 0 bridgehead atoms. The Kier molecular flexibility index (Phi) is 6.22. The Morgan fingerprint density at radius 2 is 2.00 bits per heavy atom. The Morgan fingerprint density at radius 3 is 2.68 bits per heavy atom. The Labute approximate surface area is 160 Å². The maximum Gasteiger partial charge on any atom is 0.240 e. The highest BCUT2D eigenvalue weighted by Crippen LogP contribution is 2.22. The molecule has 1 aliphatic rings. The van der Waals surface area contributed by atoms with E-state index in [4.69, 9.17) is 4.74 Å².